The summed E-state index contributed by atoms with van der Waals surface area (Å²) < 4.78 is 6.42. The highest BCUT2D eigenvalue weighted by molar-refractivity contribution is 6.15. The summed E-state index contributed by atoms with van der Waals surface area (Å²) in [5, 5.41) is 6.62. The van der Waals surface area contributed by atoms with E-state index in [1.54, 1.807) is 0 Å². The number of rotatable bonds is 5. The SMILES string of the molecule is c1ccc(-c2ccc(-c3c(-c4nc(-c5ccc6ccccc6c5)nc(-c5cccc6ccccc56)n4)ccc4oc5ccccc5c34)cc2)cc1. The molecule has 0 aliphatic carbocycles. The van der Waals surface area contributed by atoms with E-state index in [1.807, 2.05) is 24.3 Å². The van der Waals surface area contributed by atoms with Crippen LogP contribution in [0.3, 0.4) is 0 Å². The standard InChI is InChI=1S/C47H29N3O/c1-2-11-30(12-3-1)32-21-24-34(25-22-32)43-40(27-28-42-44(43)39-18-8-9-20-41(39)51-42)47-49-45(36-26-23-31-13-4-5-15-35(31)29-36)48-46(50-47)38-19-10-16-33-14-6-7-17-37(33)38/h1-29H. The zero-order valence-electron chi connectivity index (χ0n) is 27.5. The van der Waals surface area contributed by atoms with Crippen LogP contribution in [0.1, 0.15) is 0 Å². The van der Waals surface area contributed by atoms with Crippen molar-refractivity contribution < 1.29 is 4.42 Å². The molecular formula is C47H29N3O. The lowest BCUT2D eigenvalue weighted by Crippen LogP contribution is -2.01. The molecule has 238 valence electrons. The van der Waals surface area contributed by atoms with Gasteiger partial charge in [0, 0.05) is 33.0 Å². The van der Waals surface area contributed by atoms with E-state index in [0.29, 0.717) is 17.5 Å². The summed E-state index contributed by atoms with van der Waals surface area (Å²) in [5.41, 5.74) is 8.88. The van der Waals surface area contributed by atoms with Crippen LogP contribution in [0.2, 0.25) is 0 Å². The molecule has 0 unspecified atom stereocenters. The molecule has 0 fully saturated rings. The molecule has 0 radical (unpaired) electrons. The van der Waals surface area contributed by atoms with Gasteiger partial charge in [0.25, 0.3) is 0 Å². The lowest BCUT2D eigenvalue weighted by Gasteiger charge is -2.14. The van der Waals surface area contributed by atoms with Gasteiger partial charge in [-0.3, -0.25) is 0 Å². The summed E-state index contributed by atoms with van der Waals surface area (Å²) in [6, 6.07) is 61.0. The Hall–Kier alpha value is -6.91. The molecule has 0 bridgehead atoms. The second-order valence-corrected chi connectivity index (χ2v) is 12.8. The fourth-order valence-electron chi connectivity index (χ4n) is 7.26. The quantitative estimate of drug-likeness (QED) is 0.186. The van der Waals surface area contributed by atoms with E-state index in [9.17, 15) is 0 Å². The fourth-order valence-corrected chi connectivity index (χ4v) is 7.26. The van der Waals surface area contributed by atoms with Gasteiger partial charge in [-0.2, -0.15) is 0 Å². The Morgan fingerprint density at radius 1 is 0.333 bits per heavy atom. The first-order valence-corrected chi connectivity index (χ1v) is 17.1. The van der Waals surface area contributed by atoms with Crippen LogP contribution in [0.25, 0.3) is 99.9 Å². The van der Waals surface area contributed by atoms with E-state index < -0.39 is 0 Å². The maximum Gasteiger partial charge on any atom is 0.164 e. The molecule has 0 saturated heterocycles. The highest BCUT2D eigenvalue weighted by Crippen LogP contribution is 2.43. The van der Waals surface area contributed by atoms with Crippen LogP contribution >= 0.6 is 0 Å². The van der Waals surface area contributed by atoms with Crippen molar-refractivity contribution in [2.45, 2.75) is 0 Å². The zero-order valence-corrected chi connectivity index (χ0v) is 27.5. The van der Waals surface area contributed by atoms with Crippen molar-refractivity contribution in [1.82, 2.24) is 15.0 Å². The van der Waals surface area contributed by atoms with Gasteiger partial charge in [-0.05, 0) is 62.5 Å². The first kappa shape index (κ1) is 29.0. The first-order chi connectivity index (χ1) is 25.3. The van der Waals surface area contributed by atoms with Crippen molar-refractivity contribution in [2.24, 2.45) is 0 Å². The number of hydrogen-bond donors (Lipinski definition) is 0. The molecule has 0 amide bonds. The molecule has 2 aromatic heterocycles. The molecule has 0 aliphatic heterocycles. The largest absolute Gasteiger partial charge is 0.456 e. The molecular weight excluding hydrogens is 623 g/mol. The minimum atomic E-state index is 0.602. The van der Waals surface area contributed by atoms with Gasteiger partial charge in [-0.25, -0.2) is 15.0 Å². The van der Waals surface area contributed by atoms with E-state index in [-0.39, 0.29) is 0 Å². The summed E-state index contributed by atoms with van der Waals surface area (Å²) in [6.45, 7) is 0. The minimum absolute atomic E-state index is 0.602. The number of fused-ring (bicyclic) bond motifs is 5. The third-order valence-electron chi connectivity index (χ3n) is 9.74. The molecule has 8 aromatic carbocycles. The van der Waals surface area contributed by atoms with Gasteiger partial charge >= 0.3 is 0 Å². The Bertz CT molecular complexity index is 2900. The van der Waals surface area contributed by atoms with Gasteiger partial charge in [0.05, 0.1) is 0 Å². The van der Waals surface area contributed by atoms with Crippen molar-refractivity contribution >= 4 is 43.5 Å². The van der Waals surface area contributed by atoms with Crippen molar-refractivity contribution in [3.63, 3.8) is 0 Å². The summed E-state index contributed by atoms with van der Waals surface area (Å²) in [5.74, 6) is 1.85. The molecule has 0 N–H and O–H groups in total. The van der Waals surface area contributed by atoms with Crippen LogP contribution in [0.4, 0.5) is 0 Å². The lowest BCUT2D eigenvalue weighted by molar-refractivity contribution is 0.669. The van der Waals surface area contributed by atoms with E-state index >= 15 is 0 Å². The smallest absolute Gasteiger partial charge is 0.164 e. The topological polar surface area (TPSA) is 51.8 Å². The second-order valence-electron chi connectivity index (χ2n) is 12.8. The van der Waals surface area contributed by atoms with Crippen LogP contribution in [0.15, 0.2) is 180 Å². The molecule has 10 rings (SSSR count). The van der Waals surface area contributed by atoms with E-state index in [2.05, 4.69) is 152 Å². The number of hydrogen-bond acceptors (Lipinski definition) is 4. The molecule has 0 saturated carbocycles. The van der Waals surface area contributed by atoms with Gasteiger partial charge in [-0.15, -0.1) is 0 Å². The number of nitrogens with zero attached hydrogens (tertiary/aromatic N) is 3. The van der Waals surface area contributed by atoms with Crippen LogP contribution in [0.5, 0.6) is 0 Å². The van der Waals surface area contributed by atoms with Gasteiger partial charge in [0.1, 0.15) is 11.2 Å². The molecule has 51 heavy (non-hydrogen) atoms. The third-order valence-corrected chi connectivity index (χ3v) is 9.74. The van der Waals surface area contributed by atoms with Crippen molar-refractivity contribution in [3.05, 3.63) is 176 Å². The predicted octanol–water partition coefficient (Wildman–Crippen LogP) is 12.4. The molecule has 4 nitrogen and oxygen atoms in total. The number of aromatic nitrogens is 3. The van der Waals surface area contributed by atoms with Gasteiger partial charge in [0.2, 0.25) is 0 Å². The highest BCUT2D eigenvalue weighted by atomic mass is 16.3. The van der Waals surface area contributed by atoms with Crippen molar-refractivity contribution in [2.75, 3.05) is 0 Å². The maximum atomic E-state index is 6.42. The average Bonchev–Trinajstić information content (AvgIpc) is 3.59. The summed E-state index contributed by atoms with van der Waals surface area (Å²) >= 11 is 0. The van der Waals surface area contributed by atoms with Crippen LogP contribution in [-0.2, 0) is 0 Å². The number of furan rings is 1. The first-order valence-electron chi connectivity index (χ1n) is 17.1. The minimum Gasteiger partial charge on any atom is -0.456 e. The Kier molecular flexibility index (Phi) is 6.78. The Morgan fingerprint density at radius 2 is 0.941 bits per heavy atom. The molecule has 2 heterocycles. The second kappa shape index (κ2) is 11.9. The normalized spacial score (nSPS) is 11.5. The van der Waals surface area contributed by atoms with Gasteiger partial charge in [-0.1, -0.05) is 152 Å². The van der Waals surface area contributed by atoms with Gasteiger partial charge in [0.15, 0.2) is 17.5 Å². The fraction of sp³-hybridized carbons (Fsp3) is 0. The van der Waals surface area contributed by atoms with Crippen LogP contribution < -0.4 is 0 Å². The summed E-state index contributed by atoms with van der Waals surface area (Å²) in [4.78, 5) is 15.7. The zero-order chi connectivity index (χ0) is 33.7. The van der Waals surface area contributed by atoms with E-state index in [1.165, 1.54) is 10.9 Å². The van der Waals surface area contributed by atoms with E-state index in [0.717, 1.165) is 71.5 Å². The summed E-state index contributed by atoms with van der Waals surface area (Å²) in [6.07, 6.45) is 0. The average molecular weight is 652 g/mol. The van der Waals surface area contributed by atoms with Crippen molar-refractivity contribution in [3.8, 4) is 56.4 Å². The Labute approximate surface area is 294 Å². The number of para-hydroxylation sites is 1. The molecule has 4 heteroatoms. The molecule has 0 spiro atoms. The highest BCUT2D eigenvalue weighted by Gasteiger charge is 2.22. The third kappa shape index (κ3) is 5.04. The molecule has 0 aliphatic rings. The van der Waals surface area contributed by atoms with Crippen LogP contribution in [-0.4, -0.2) is 15.0 Å². The maximum absolute atomic E-state index is 6.42. The molecule has 0 atom stereocenters. The number of benzene rings is 8. The monoisotopic (exact) mass is 651 g/mol. The van der Waals surface area contributed by atoms with Crippen molar-refractivity contribution in [1.29, 1.82) is 0 Å². The Balaban J connectivity index is 1.26. The Morgan fingerprint density at radius 3 is 1.78 bits per heavy atom. The predicted molar refractivity (Wildman–Crippen MR) is 209 cm³/mol. The molecule has 10 aromatic rings. The van der Waals surface area contributed by atoms with Crippen LogP contribution in [0, 0.1) is 0 Å². The summed E-state index contributed by atoms with van der Waals surface area (Å²) in [7, 11) is 0. The van der Waals surface area contributed by atoms with Gasteiger partial charge < -0.3 is 4.42 Å². The lowest BCUT2D eigenvalue weighted by atomic mass is 9.92. The van der Waals surface area contributed by atoms with E-state index in [4.69, 9.17) is 19.4 Å².